The van der Waals surface area contributed by atoms with Gasteiger partial charge in [0.2, 0.25) is 0 Å². The molecule has 0 unspecified atom stereocenters. The number of unbranched alkanes of at least 4 members (excludes halogenated alkanes) is 2. The van der Waals surface area contributed by atoms with Gasteiger partial charge in [-0.15, -0.1) is 0 Å². The van der Waals surface area contributed by atoms with Gasteiger partial charge in [-0.25, -0.2) is 4.79 Å². The van der Waals surface area contributed by atoms with E-state index in [-0.39, 0.29) is 5.97 Å². The Bertz CT molecular complexity index is 204. The number of esters is 1. The van der Waals surface area contributed by atoms with E-state index in [1.165, 1.54) is 0 Å². The van der Waals surface area contributed by atoms with Gasteiger partial charge in [0.1, 0.15) is 0 Å². The van der Waals surface area contributed by atoms with E-state index in [2.05, 4.69) is 25.7 Å². The lowest BCUT2D eigenvalue weighted by Crippen LogP contribution is -2.05. The highest BCUT2D eigenvalue weighted by molar-refractivity contribution is 5.86. The van der Waals surface area contributed by atoms with Crippen LogP contribution in [0.5, 0.6) is 0 Å². The molecule has 0 aromatic carbocycles. The Balaban J connectivity index is 3.26. The SMILES string of the molecule is C=C(C)C(=O)OCCCC/C=C/CC. The maximum absolute atomic E-state index is 10.9. The summed E-state index contributed by atoms with van der Waals surface area (Å²) in [4.78, 5) is 10.9. The maximum atomic E-state index is 10.9. The van der Waals surface area contributed by atoms with E-state index >= 15 is 0 Å². The summed E-state index contributed by atoms with van der Waals surface area (Å²) in [5.74, 6) is -0.283. The van der Waals surface area contributed by atoms with Gasteiger partial charge >= 0.3 is 5.97 Å². The molecule has 0 rings (SSSR count). The number of carbonyl (C=O) groups is 1. The van der Waals surface area contributed by atoms with Crippen molar-refractivity contribution in [3.63, 3.8) is 0 Å². The van der Waals surface area contributed by atoms with E-state index < -0.39 is 0 Å². The molecule has 0 atom stereocenters. The average Bonchev–Trinajstić information content (AvgIpc) is 2.16. The van der Waals surface area contributed by atoms with Crippen LogP contribution in [-0.4, -0.2) is 12.6 Å². The summed E-state index contributed by atoms with van der Waals surface area (Å²) >= 11 is 0. The zero-order chi connectivity index (χ0) is 10.8. The predicted molar refractivity (Wildman–Crippen MR) is 59.1 cm³/mol. The molecular weight excluding hydrogens is 176 g/mol. The second kappa shape index (κ2) is 8.54. The molecule has 0 aromatic heterocycles. The molecule has 0 bridgehead atoms. The highest BCUT2D eigenvalue weighted by Crippen LogP contribution is 2.00. The second-order valence-corrected chi connectivity index (χ2v) is 3.29. The third-order valence-electron chi connectivity index (χ3n) is 1.75. The van der Waals surface area contributed by atoms with Gasteiger partial charge in [0.05, 0.1) is 6.61 Å². The van der Waals surface area contributed by atoms with Gasteiger partial charge in [-0.2, -0.15) is 0 Å². The Morgan fingerprint density at radius 1 is 1.36 bits per heavy atom. The third-order valence-corrected chi connectivity index (χ3v) is 1.75. The first-order chi connectivity index (χ1) is 6.68. The fourth-order valence-corrected chi connectivity index (χ4v) is 0.937. The first-order valence-corrected chi connectivity index (χ1v) is 5.16. The van der Waals surface area contributed by atoms with Crippen LogP contribution in [0, 0.1) is 0 Å². The van der Waals surface area contributed by atoms with Crippen LogP contribution in [0.3, 0.4) is 0 Å². The standard InChI is InChI=1S/C12H20O2/c1-4-5-6-7-8-9-10-14-12(13)11(2)3/h5-6H,2,4,7-10H2,1,3H3/b6-5+. The van der Waals surface area contributed by atoms with E-state index in [0.717, 1.165) is 25.7 Å². The highest BCUT2D eigenvalue weighted by Gasteiger charge is 2.00. The minimum atomic E-state index is -0.283. The van der Waals surface area contributed by atoms with Gasteiger partial charge in [-0.1, -0.05) is 25.7 Å². The zero-order valence-corrected chi connectivity index (χ0v) is 9.21. The quantitative estimate of drug-likeness (QED) is 0.270. The molecule has 0 heterocycles. The van der Waals surface area contributed by atoms with Crippen molar-refractivity contribution in [2.75, 3.05) is 6.61 Å². The Morgan fingerprint density at radius 3 is 2.64 bits per heavy atom. The van der Waals surface area contributed by atoms with E-state index in [1.54, 1.807) is 6.92 Å². The molecule has 0 amide bonds. The average molecular weight is 196 g/mol. The second-order valence-electron chi connectivity index (χ2n) is 3.29. The molecule has 0 spiro atoms. The van der Waals surface area contributed by atoms with Gasteiger partial charge in [-0.3, -0.25) is 0 Å². The van der Waals surface area contributed by atoms with Crippen molar-refractivity contribution in [1.29, 1.82) is 0 Å². The summed E-state index contributed by atoms with van der Waals surface area (Å²) in [5.41, 5.74) is 0.468. The maximum Gasteiger partial charge on any atom is 0.333 e. The van der Waals surface area contributed by atoms with Crippen molar-refractivity contribution in [2.24, 2.45) is 0 Å². The summed E-state index contributed by atoms with van der Waals surface area (Å²) in [6.45, 7) is 7.79. The van der Waals surface area contributed by atoms with Crippen LogP contribution >= 0.6 is 0 Å². The fraction of sp³-hybridized carbons (Fsp3) is 0.583. The van der Waals surface area contributed by atoms with E-state index in [1.807, 2.05) is 0 Å². The van der Waals surface area contributed by atoms with E-state index in [4.69, 9.17) is 4.74 Å². The van der Waals surface area contributed by atoms with E-state index in [0.29, 0.717) is 12.2 Å². The largest absolute Gasteiger partial charge is 0.462 e. The van der Waals surface area contributed by atoms with Gasteiger partial charge in [0.25, 0.3) is 0 Å². The Hall–Kier alpha value is -1.05. The normalized spacial score (nSPS) is 10.4. The predicted octanol–water partition coefficient (Wildman–Crippen LogP) is 3.24. The minimum absolute atomic E-state index is 0.283. The van der Waals surface area contributed by atoms with Gasteiger partial charge in [0.15, 0.2) is 0 Å². The molecule has 0 aliphatic heterocycles. The van der Waals surface area contributed by atoms with Crippen molar-refractivity contribution in [3.05, 3.63) is 24.3 Å². The van der Waals surface area contributed by atoms with Gasteiger partial charge in [0, 0.05) is 5.57 Å². The Labute approximate surface area is 86.6 Å². The van der Waals surface area contributed by atoms with Crippen LogP contribution in [0.1, 0.15) is 39.5 Å². The molecule has 80 valence electrons. The summed E-state index contributed by atoms with van der Waals surface area (Å²) < 4.78 is 4.95. The summed E-state index contributed by atoms with van der Waals surface area (Å²) in [5, 5.41) is 0. The minimum Gasteiger partial charge on any atom is -0.462 e. The number of hydrogen-bond donors (Lipinski definition) is 0. The van der Waals surface area contributed by atoms with Crippen LogP contribution in [0.2, 0.25) is 0 Å². The van der Waals surface area contributed by atoms with Crippen molar-refractivity contribution in [3.8, 4) is 0 Å². The molecule has 0 aromatic rings. The van der Waals surface area contributed by atoms with Crippen LogP contribution in [0.4, 0.5) is 0 Å². The molecule has 0 N–H and O–H groups in total. The molecule has 0 aliphatic rings. The van der Waals surface area contributed by atoms with Crippen LogP contribution < -0.4 is 0 Å². The van der Waals surface area contributed by atoms with Crippen LogP contribution in [-0.2, 0) is 9.53 Å². The first-order valence-electron chi connectivity index (χ1n) is 5.16. The lowest BCUT2D eigenvalue weighted by Gasteiger charge is -2.02. The number of hydrogen-bond acceptors (Lipinski definition) is 2. The van der Waals surface area contributed by atoms with Crippen LogP contribution in [0.25, 0.3) is 0 Å². The summed E-state index contributed by atoms with van der Waals surface area (Å²) in [7, 11) is 0. The molecule has 0 saturated heterocycles. The van der Waals surface area contributed by atoms with Crippen LogP contribution in [0.15, 0.2) is 24.3 Å². The fourth-order valence-electron chi connectivity index (χ4n) is 0.937. The monoisotopic (exact) mass is 196 g/mol. The zero-order valence-electron chi connectivity index (χ0n) is 9.21. The summed E-state index contributed by atoms with van der Waals surface area (Å²) in [6, 6.07) is 0. The topological polar surface area (TPSA) is 26.3 Å². The Kier molecular flexibility index (Phi) is 7.90. The van der Waals surface area contributed by atoms with Crippen molar-refractivity contribution < 1.29 is 9.53 Å². The number of allylic oxidation sites excluding steroid dienone is 2. The molecule has 0 aliphatic carbocycles. The molecule has 0 saturated carbocycles. The van der Waals surface area contributed by atoms with Crippen molar-refractivity contribution >= 4 is 5.97 Å². The molecule has 14 heavy (non-hydrogen) atoms. The first kappa shape index (κ1) is 12.9. The third kappa shape index (κ3) is 7.59. The molecule has 0 fully saturated rings. The van der Waals surface area contributed by atoms with E-state index in [9.17, 15) is 4.79 Å². The lowest BCUT2D eigenvalue weighted by molar-refractivity contribution is -0.139. The molecule has 2 heteroatoms. The van der Waals surface area contributed by atoms with Crippen molar-refractivity contribution in [2.45, 2.75) is 39.5 Å². The molecule has 0 radical (unpaired) electrons. The molecular formula is C12H20O2. The van der Waals surface area contributed by atoms with Gasteiger partial charge < -0.3 is 4.74 Å². The smallest absolute Gasteiger partial charge is 0.333 e. The highest BCUT2D eigenvalue weighted by atomic mass is 16.5. The number of carbonyl (C=O) groups excluding carboxylic acids is 1. The van der Waals surface area contributed by atoms with Gasteiger partial charge in [-0.05, 0) is 32.6 Å². The van der Waals surface area contributed by atoms with Crippen molar-refractivity contribution in [1.82, 2.24) is 0 Å². The Morgan fingerprint density at radius 2 is 2.07 bits per heavy atom. The number of rotatable bonds is 7. The molecule has 2 nitrogen and oxygen atoms in total. The number of ether oxygens (including phenoxy) is 1. The lowest BCUT2D eigenvalue weighted by atomic mass is 10.2. The summed E-state index contributed by atoms with van der Waals surface area (Å²) in [6.07, 6.45) is 8.47.